The van der Waals surface area contributed by atoms with Crippen LogP contribution < -0.4 is 21.5 Å². The Labute approximate surface area is 155 Å². The highest BCUT2D eigenvalue weighted by Crippen LogP contribution is 2.23. The summed E-state index contributed by atoms with van der Waals surface area (Å²) in [5.41, 5.74) is -0.0337. The van der Waals surface area contributed by atoms with E-state index in [-0.39, 0.29) is 23.1 Å². The van der Waals surface area contributed by atoms with Crippen LogP contribution in [-0.4, -0.2) is 28.1 Å². The molecule has 1 aromatic heterocycles. The van der Waals surface area contributed by atoms with Crippen molar-refractivity contribution >= 4 is 29.0 Å². The van der Waals surface area contributed by atoms with E-state index in [1.54, 1.807) is 31.3 Å². The van der Waals surface area contributed by atoms with Gasteiger partial charge in [0.1, 0.15) is 5.82 Å². The molecule has 0 bridgehead atoms. The summed E-state index contributed by atoms with van der Waals surface area (Å²) in [6.45, 7) is 1.16. The lowest BCUT2D eigenvalue weighted by Crippen LogP contribution is -2.45. The summed E-state index contributed by atoms with van der Waals surface area (Å²) >= 11 is 5.86. The summed E-state index contributed by atoms with van der Waals surface area (Å²) in [6.07, 6.45) is 1.57. The van der Waals surface area contributed by atoms with Gasteiger partial charge >= 0.3 is 5.69 Å². The Morgan fingerprint density at radius 1 is 1.15 bits per heavy atom. The molecule has 1 atom stereocenters. The molecule has 138 valence electrons. The monoisotopic (exact) mass is 376 g/mol. The van der Waals surface area contributed by atoms with Gasteiger partial charge in [0.05, 0.1) is 5.92 Å². The molecule has 1 fully saturated rings. The van der Waals surface area contributed by atoms with Crippen molar-refractivity contribution in [3.05, 3.63) is 56.2 Å². The first kappa shape index (κ1) is 18.3. The van der Waals surface area contributed by atoms with Crippen molar-refractivity contribution in [1.82, 2.24) is 9.13 Å². The summed E-state index contributed by atoms with van der Waals surface area (Å²) in [4.78, 5) is 38.6. The van der Waals surface area contributed by atoms with Crippen molar-refractivity contribution in [2.24, 2.45) is 20.0 Å². The Kier molecular flexibility index (Phi) is 5.18. The first-order valence-electron chi connectivity index (χ1n) is 8.45. The zero-order valence-corrected chi connectivity index (χ0v) is 15.5. The third kappa shape index (κ3) is 3.67. The van der Waals surface area contributed by atoms with Crippen molar-refractivity contribution in [2.45, 2.75) is 12.8 Å². The summed E-state index contributed by atoms with van der Waals surface area (Å²) in [7, 11) is 3.08. The Morgan fingerprint density at radius 2 is 1.85 bits per heavy atom. The van der Waals surface area contributed by atoms with E-state index < -0.39 is 0 Å². The molecule has 1 amide bonds. The van der Waals surface area contributed by atoms with Crippen molar-refractivity contribution in [3.63, 3.8) is 0 Å². The number of benzene rings is 1. The lowest BCUT2D eigenvalue weighted by Gasteiger charge is -2.34. The van der Waals surface area contributed by atoms with E-state index in [0.29, 0.717) is 29.6 Å². The standard InChI is InChI=1S/C18H21ClN4O3/c1-21-15(10-16(24)22(2)18(21)26)23-9-3-4-12(11-23)17(25)20-14-7-5-13(19)6-8-14/h5-8,10,12H,3-4,9,11H2,1-2H3,(H,20,25). The fourth-order valence-corrected chi connectivity index (χ4v) is 3.33. The first-order chi connectivity index (χ1) is 12.4. The number of aromatic nitrogens is 2. The van der Waals surface area contributed by atoms with Crippen LogP contribution in [0.25, 0.3) is 0 Å². The van der Waals surface area contributed by atoms with Gasteiger partial charge in [-0.05, 0) is 37.1 Å². The van der Waals surface area contributed by atoms with E-state index in [0.717, 1.165) is 17.4 Å². The van der Waals surface area contributed by atoms with E-state index in [1.807, 2.05) is 4.90 Å². The first-order valence-corrected chi connectivity index (χ1v) is 8.83. The molecule has 8 heteroatoms. The van der Waals surface area contributed by atoms with Crippen LogP contribution in [0.4, 0.5) is 11.5 Å². The number of carbonyl (C=O) groups is 1. The van der Waals surface area contributed by atoms with E-state index in [9.17, 15) is 14.4 Å². The van der Waals surface area contributed by atoms with Crippen molar-refractivity contribution in [3.8, 4) is 0 Å². The normalized spacial score (nSPS) is 17.2. The number of nitrogens with one attached hydrogen (secondary N) is 1. The third-order valence-electron chi connectivity index (χ3n) is 4.73. The third-order valence-corrected chi connectivity index (χ3v) is 4.98. The summed E-state index contributed by atoms with van der Waals surface area (Å²) in [6, 6.07) is 8.40. The number of carbonyl (C=O) groups excluding carboxylic acids is 1. The van der Waals surface area contributed by atoms with Gasteiger partial charge in [0, 0.05) is 44.0 Å². The molecule has 1 saturated heterocycles. The maximum Gasteiger partial charge on any atom is 0.332 e. The lowest BCUT2D eigenvalue weighted by molar-refractivity contribution is -0.120. The molecule has 1 aliphatic rings. The van der Waals surface area contributed by atoms with Gasteiger partial charge in [-0.1, -0.05) is 11.6 Å². The Morgan fingerprint density at radius 3 is 2.54 bits per heavy atom. The molecule has 0 radical (unpaired) electrons. The predicted octanol–water partition coefficient (Wildman–Crippen LogP) is 1.59. The fourth-order valence-electron chi connectivity index (χ4n) is 3.20. The molecule has 2 heterocycles. The minimum Gasteiger partial charge on any atom is -0.357 e. The molecular weight excluding hydrogens is 356 g/mol. The van der Waals surface area contributed by atoms with Gasteiger partial charge in [0.2, 0.25) is 5.91 Å². The summed E-state index contributed by atoms with van der Waals surface area (Å²) < 4.78 is 2.51. The number of hydrogen-bond donors (Lipinski definition) is 1. The maximum atomic E-state index is 12.6. The molecular formula is C18H21ClN4O3. The SMILES string of the molecule is Cn1c(N2CCCC(C(=O)Nc3ccc(Cl)cc3)C2)cc(=O)n(C)c1=O. The van der Waals surface area contributed by atoms with Gasteiger partial charge in [-0.2, -0.15) is 0 Å². The summed E-state index contributed by atoms with van der Waals surface area (Å²) in [5, 5.41) is 3.51. The second-order valence-electron chi connectivity index (χ2n) is 6.52. The zero-order valence-electron chi connectivity index (χ0n) is 14.7. The minimum absolute atomic E-state index is 0.0779. The molecule has 0 aliphatic carbocycles. The molecule has 1 N–H and O–H groups in total. The van der Waals surface area contributed by atoms with Crippen LogP contribution in [-0.2, 0) is 18.9 Å². The van der Waals surface area contributed by atoms with E-state index in [4.69, 9.17) is 11.6 Å². The van der Waals surface area contributed by atoms with Gasteiger partial charge in [-0.3, -0.25) is 18.7 Å². The van der Waals surface area contributed by atoms with Gasteiger partial charge in [0.25, 0.3) is 5.56 Å². The molecule has 2 aromatic rings. The molecule has 3 rings (SSSR count). The van der Waals surface area contributed by atoms with Crippen LogP contribution in [0.2, 0.25) is 5.02 Å². The molecule has 0 saturated carbocycles. The smallest absolute Gasteiger partial charge is 0.332 e. The maximum absolute atomic E-state index is 12.6. The van der Waals surface area contributed by atoms with Crippen molar-refractivity contribution in [1.29, 1.82) is 0 Å². The van der Waals surface area contributed by atoms with Gasteiger partial charge in [0.15, 0.2) is 0 Å². The molecule has 1 aromatic carbocycles. The van der Waals surface area contributed by atoms with Gasteiger partial charge in [-0.25, -0.2) is 4.79 Å². The van der Waals surface area contributed by atoms with Crippen LogP contribution in [0, 0.1) is 5.92 Å². The Balaban J connectivity index is 1.77. The number of amides is 1. The number of halogens is 1. The fraction of sp³-hybridized carbons (Fsp3) is 0.389. The highest BCUT2D eigenvalue weighted by molar-refractivity contribution is 6.30. The Hall–Kier alpha value is -2.54. The number of anilines is 2. The molecule has 26 heavy (non-hydrogen) atoms. The molecule has 1 aliphatic heterocycles. The quantitative estimate of drug-likeness (QED) is 0.882. The largest absolute Gasteiger partial charge is 0.357 e. The number of rotatable bonds is 3. The topological polar surface area (TPSA) is 76.3 Å². The van der Waals surface area contributed by atoms with Gasteiger partial charge in [-0.15, -0.1) is 0 Å². The predicted molar refractivity (Wildman–Crippen MR) is 102 cm³/mol. The number of piperidine rings is 1. The van der Waals surface area contributed by atoms with Crippen LogP contribution in [0.1, 0.15) is 12.8 Å². The lowest BCUT2D eigenvalue weighted by atomic mass is 9.97. The van der Waals surface area contributed by atoms with Crippen molar-refractivity contribution in [2.75, 3.05) is 23.3 Å². The number of hydrogen-bond acceptors (Lipinski definition) is 4. The Bertz CT molecular complexity index is 933. The highest BCUT2D eigenvalue weighted by Gasteiger charge is 2.27. The van der Waals surface area contributed by atoms with Crippen molar-refractivity contribution < 1.29 is 4.79 Å². The molecule has 7 nitrogen and oxygen atoms in total. The number of nitrogens with zero attached hydrogens (tertiary/aromatic N) is 3. The van der Waals surface area contributed by atoms with E-state index in [2.05, 4.69) is 5.32 Å². The van der Waals surface area contributed by atoms with E-state index in [1.165, 1.54) is 17.7 Å². The zero-order chi connectivity index (χ0) is 18.8. The van der Waals surface area contributed by atoms with Crippen LogP contribution in [0.15, 0.2) is 39.9 Å². The van der Waals surface area contributed by atoms with Crippen LogP contribution in [0.5, 0.6) is 0 Å². The second-order valence-corrected chi connectivity index (χ2v) is 6.96. The highest BCUT2D eigenvalue weighted by atomic mass is 35.5. The average molecular weight is 377 g/mol. The van der Waals surface area contributed by atoms with Crippen LogP contribution in [0.3, 0.4) is 0 Å². The van der Waals surface area contributed by atoms with E-state index >= 15 is 0 Å². The minimum atomic E-state index is -0.375. The van der Waals surface area contributed by atoms with Gasteiger partial charge < -0.3 is 10.2 Å². The summed E-state index contributed by atoms with van der Waals surface area (Å²) in [5.74, 6) is 0.242. The molecule has 0 spiro atoms. The second kappa shape index (κ2) is 7.37. The molecule has 1 unspecified atom stereocenters. The van der Waals surface area contributed by atoms with Crippen LogP contribution >= 0.6 is 11.6 Å². The average Bonchev–Trinajstić information content (AvgIpc) is 2.65.